The third-order valence-electron chi connectivity index (χ3n) is 1.98. The fourth-order valence-electron chi connectivity index (χ4n) is 1.24. The monoisotopic (exact) mass is 256 g/mol. The summed E-state index contributed by atoms with van der Waals surface area (Å²) in [6, 6.07) is 0. The minimum Gasteiger partial charge on any atom is -0.481 e. The summed E-state index contributed by atoms with van der Waals surface area (Å²) < 4.78 is 9.65. The number of methoxy groups -OCH3 is 1. The topological polar surface area (TPSA) is 93.1 Å². The van der Waals surface area contributed by atoms with Gasteiger partial charge >= 0.3 is 11.9 Å². The van der Waals surface area contributed by atoms with Crippen LogP contribution in [-0.4, -0.2) is 42.2 Å². The Morgan fingerprint density at radius 2 is 1.88 bits per heavy atom. The van der Waals surface area contributed by atoms with Crippen molar-refractivity contribution in [2.24, 2.45) is 5.92 Å². The molecule has 0 aromatic rings. The largest absolute Gasteiger partial charge is 0.481 e. The number of rotatable bonds is 8. The number of halogens is 1. The smallest absolute Gasteiger partial charge is 0.309 e. The number of carbonyl (C=O) groups is 2. The summed E-state index contributed by atoms with van der Waals surface area (Å²) in [5, 5.41) is 17.4. The van der Waals surface area contributed by atoms with Crippen LogP contribution in [0.1, 0.15) is 19.8 Å². The second-order valence-corrected chi connectivity index (χ2v) is 3.06. The first-order chi connectivity index (χ1) is 7.02. The summed E-state index contributed by atoms with van der Waals surface area (Å²) in [5.74, 6) is -2.97. The van der Waals surface area contributed by atoms with Gasteiger partial charge in [-0.2, -0.15) is 0 Å². The van der Waals surface area contributed by atoms with Crippen molar-refractivity contribution in [1.82, 2.24) is 0 Å². The third kappa shape index (κ3) is 6.60. The zero-order chi connectivity index (χ0) is 11.8. The molecule has 0 heterocycles. The van der Waals surface area contributed by atoms with Crippen LogP contribution in [0.4, 0.5) is 0 Å². The van der Waals surface area contributed by atoms with Crippen molar-refractivity contribution >= 4 is 24.3 Å². The molecule has 6 nitrogen and oxygen atoms in total. The van der Waals surface area contributed by atoms with Crippen molar-refractivity contribution in [3.63, 3.8) is 0 Å². The molecule has 0 radical (unpaired) electrons. The van der Waals surface area contributed by atoms with E-state index in [4.69, 9.17) is 14.9 Å². The van der Waals surface area contributed by atoms with Gasteiger partial charge in [0.05, 0.1) is 18.4 Å². The molecule has 0 aliphatic carbocycles. The van der Waals surface area contributed by atoms with Crippen LogP contribution in [0, 0.1) is 5.92 Å². The fraction of sp³-hybridized carbons (Fsp3) is 0.778. The average molecular weight is 257 g/mol. The number of carboxylic acids is 2. The van der Waals surface area contributed by atoms with E-state index in [9.17, 15) is 9.59 Å². The van der Waals surface area contributed by atoms with Gasteiger partial charge in [0.15, 0.2) is 0 Å². The van der Waals surface area contributed by atoms with Crippen molar-refractivity contribution in [1.29, 1.82) is 0 Å². The van der Waals surface area contributed by atoms with Gasteiger partial charge in [0.2, 0.25) is 0 Å². The Hall–Kier alpha value is -0.850. The molecule has 0 amide bonds. The van der Waals surface area contributed by atoms with E-state index in [-0.39, 0.29) is 25.6 Å². The molecule has 2 N–H and O–H groups in total. The lowest BCUT2D eigenvalue weighted by atomic mass is 9.97. The molecular weight excluding hydrogens is 240 g/mol. The molecule has 0 saturated carbocycles. The molecular formula is C9H17ClO6. The van der Waals surface area contributed by atoms with Crippen LogP contribution in [0.25, 0.3) is 0 Å². The Bertz CT molecular complexity index is 220. The predicted molar refractivity (Wildman–Crippen MR) is 57.7 cm³/mol. The number of aliphatic carboxylic acids is 2. The standard InChI is InChI=1S/C9H16O6.ClH/c1-3-6(9(12)13)7(4-8(10)11)15-5-14-2;/h6-7H,3-5H2,1-2H3,(H,10,11)(H,12,13);1H/t6?,7-;/m1./s1. The lowest BCUT2D eigenvalue weighted by molar-refractivity contribution is -0.158. The minimum absolute atomic E-state index is 0. The highest BCUT2D eigenvalue weighted by molar-refractivity contribution is 5.85. The van der Waals surface area contributed by atoms with E-state index in [2.05, 4.69) is 4.74 Å². The minimum atomic E-state index is -1.09. The van der Waals surface area contributed by atoms with Crippen molar-refractivity contribution in [2.45, 2.75) is 25.9 Å². The molecule has 2 atom stereocenters. The molecule has 0 bridgehead atoms. The summed E-state index contributed by atoms with van der Waals surface area (Å²) in [5.41, 5.74) is 0. The molecule has 0 fully saturated rings. The maximum Gasteiger partial charge on any atom is 0.309 e. The van der Waals surface area contributed by atoms with E-state index in [0.717, 1.165) is 0 Å². The molecule has 0 aliphatic rings. The van der Waals surface area contributed by atoms with Crippen LogP contribution in [0.5, 0.6) is 0 Å². The average Bonchev–Trinajstić information content (AvgIpc) is 2.13. The van der Waals surface area contributed by atoms with E-state index in [1.165, 1.54) is 7.11 Å². The fourth-order valence-corrected chi connectivity index (χ4v) is 1.24. The van der Waals surface area contributed by atoms with Gasteiger partial charge in [0, 0.05) is 7.11 Å². The van der Waals surface area contributed by atoms with Gasteiger partial charge < -0.3 is 19.7 Å². The highest BCUT2D eigenvalue weighted by atomic mass is 35.5. The summed E-state index contributed by atoms with van der Waals surface area (Å²) in [4.78, 5) is 21.3. The first kappa shape index (κ1) is 17.5. The second-order valence-electron chi connectivity index (χ2n) is 3.06. The summed E-state index contributed by atoms with van der Waals surface area (Å²) in [7, 11) is 1.39. The molecule has 16 heavy (non-hydrogen) atoms. The summed E-state index contributed by atoms with van der Waals surface area (Å²) in [6.45, 7) is 1.56. The maximum absolute atomic E-state index is 10.8. The molecule has 0 aromatic carbocycles. The maximum atomic E-state index is 10.8. The zero-order valence-electron chi connectivity index (χ0n) is 9.21. The predicted octanol–water partition coefficient (Wildman–Crippen LogP) is 0.983. The number of carboxylic acid groups (broad SMARTS) is 2. The van der Waals surface area contributed by atoms with Gasteiger partial charge in [-0.3, -0.25) is 9.59 Å². The van der Waals surface area contributed by atoms with Crippen LogP contribution in [0.2, 0.25) is 0 Å². The SMILES string of the molecule is CCC(C(=O)O)[C@@H](CC(=O)O)OCOC.Cl. The first-order valence-corrected chi connectivity index (χ1v) is 4.58. The molecule has 0 rings (SSSR count). The van der Waals surface area contributed by atoms with Gasteiger partial charge in [0.25, 0.3) is 0 Å². The van der Waals surface area contributed by atoms with Gasteiger partial charge in [-0.05, 0) is 6.42 Å². The Labute approximate surface area is 100.0 Å². The van der Waals surface area contributed by atoms with E-state index >= 15 is 0 Å². The Kier molecular flexibility index (Phi) is 10.3. The molecule has 0 spiro atoms. The highest BCUT2D eigenvalue weighted by Gasteiger charge is 2.29. The van der Waals surface area contributed by atoms with E-state index in [0.29, 0.717) is 6.42 Å². The molecule has 7 heteroatoms. The van der Waals surface area contributed by atoms with E-state index in [1.54, 1.807) is 6.92 Å². The number of hydrogen-bond acceptors (Lipinski definition) is 4. The highest BCUT2D eigenvalue weighted by Crippen LogP contribution is 2.16. The Morgan fingerprint density at radius 3 is 2.19 bits per heavy atom. The van der Waals surface area contributed by atoms with Crippen molar-refractivity contribution in [3.8, 4) is 0 Å². The Morgan fingerprint density at radius 1 is 1.31 bits per heavy atom. The van der Waals surface area contributed by atoms with Gasteiger partial charge in [0.1, 0.15) is 6.79 Å². The normalized spacial score (nSPS) is 13.6. The number of hydrogen-bond donors (Lipinski definition) is 2. The van der Waals surface area contributed by atoms with Crippen LogP contribution < -0.4 is 0 Å². The summed E-state index contributed by atoms with van der Waals surface area (Å²) in [6.07, 6.45) is -0.879. The second kappa shape index (κ2) is 9.38. The van der Waals surface area contributed by atoms with E-state index < -0.39 is 24.0 Å². The van der Waals surface area contributed by atoms with Crippen molar-refractivity contribution in [2.75, 3.05) is 13.9 Å². The van der Waals surface area contributed by atoms with Crippen molar-refractivity contribution < 1.29 is 29.3 Å². The van der Waals surface area contributed by atoms with Crippen molar-refractivity contribution in [3.05, 3.63) is 0 Å². The van der Waals surface area contributed by atoms with Crippen LogP contribution in [0.3, 0.4) is 0 Å². The van der Waals surface area contributed by atoms with Gasteiger partial charge in [-0.15, -0.1) is 12.4 Å². The van der Waals surface area contributed by atoms with Crippen LogP contribution in [0.15, 0.2) is 0 Å². The Balaban J connectivity index is 0. The molecule has 96 valence electrons. The van der Waals surface area contributed by atoms with E-state index in [1.807, 2.05) is 0 Å². The van der Waals surface area contributed by atoms with Gasteiger partial charge in [-0.25, -0.2) is 0 Å². The molecule has 0 aromatic heterocycles. The first-order valence-electron chi connectivity index (χ1n) is 4.58. The number of ether oxygens (including phenoxy) is 2. The third-order valence-corrected chi connectivity index (χ3v) is 1.98. The lowest BCUT2D eigenvalue weighted by Gasteiger charge is -2.21. The zero-order valence-corrected chi connectivity index (χ0v) is 10.0. The summed E-state index contributed by atoms with van der Waals surface area (Å²) >= 11 is 0. The van der Waals surface area contributed by atoms with Crippen LogP contribution >= 0.6 is 12.4 Å². The quantitative estimate of drug-likeness (QED) is 0.629. The molecule has 0 aliphatic heterocycles. The molecule has 0 saturated heterocycles. The van der Waals surface area contributed by atoms with Crippen LogP contribution in [-0.2, 0) is 19.1 Å². The lowest BCUT2D eigenvalue weighted by Crippen LogP contribution is -2.32. The van der Waals surface area contributed by atoms with Gasteiger partial charge in [-0.1, -0.05) is 6.92 Å². The molecule has 1 unspecified atom stereocenters.